The van der Waals surface area contributed by atoms with Crippen molar-refractivity contribution in [2.75, 3.05) is 19.8 Å². The molecule has 0 aromatic rings. The second kappa shape index (κ2) is 7.50. The van der Waals surface area contributed by atoms with Gasteiger partial charge in [0, 0.05) is 5.92 Å². The molecule has 2 saturated carbocycles. The van der Waals surface area contributed by atoms with Crippen molar-refractivity contribution in [3.05, 3.63) is 0 Å². The topological polar surface area (TPSA) is 184 Å². The minimum Gasteiger partial charge on any atom is -0.480 e. The van der Waals surface area contributed by atoms with Crippen LogP contribution in [0, 0.1) is 39.9 Å². The smallest absolute Gasteiger partial charge is 0.343 e. The van der Waals surface area contributed by atoms with E-state index in [0.29, 0.717) is 6.42 Å². The van der Waals surface area contributed by atoms with Crippen molar-refractivity contribution < 1.29 is 62.9 Å². The van der Waals surface area contributed by atoms with Gasteiger partial charge in [0.05, 0.1) is 35.4 Å². The van der Waals surface area contributed by atoms with Crippen molar-refractivity contribution in [3.63, 3.8) is 0 Å². The number of carbonyl (C=O) groups is 4. The molecule has 0 aromatic carbocycles. The zero-order chi connectivity index (χ0) is 27.8. The molecule has 4 heterocycles. The Kier molecular flexibility index (Phi) is 4.85. The Hall–Kier alpha value is -2.76. The Morgan fingerprint density at radius 2 is 1.87 bits per heavy atom. The number of carboxylic acids is 1. The Balaban J connectivity index is 1.40. The Labute approximate surface area is 222 Å². The van der Waals surface area contributed by atoms with E-state index in [1.165, 1.54) is 6.92 Å². The highest BCUT2D eigenvalue weighted by molar-refractivity contribution is 5.94. The number of fused-ring (bicyclic) bond motifs is 1. The standard InChI is InChI=1S/C26H28O13/c1-3-4-22(5-6-22)12-9-13-24-15(29)16-25(33,11(2)18(30)37-16)26(24,20(32)36-13)39-21-23(12,24)17(19(31)38-21)35-8-7-34-10-14(27)28/h11-13,15-17,21,29,33H,3-4,7-10H2,1-2H3,(H,27,28)/t11?,12-,13?,15-,16-,17-,21-,23?,24-,25+,26+/m0/s1. The predicted octanol–water partition coefficient (Wildman–Crippen LogP) is -1.49. The molecular formula is C26H28O13. The van der Waals surface area contributed by atoms with Gasteiger partial charge in [-0.05, 0) is 19.8 Å². The van der Waals surface area contributed by atoms with Gasteiger partial charge in [-0.2, -0.15) is 0 Å². The van der Waals surface area contributed by atoms with Crippen molar-refractivity contribution >= 4 is 23.9 Å². The third-order valence-corrected chi connectivity index (χ3v) is 10.3. The van der Waals surface area contributed by atoms with E-state index in [2.05, 4.69) is 11.8 Å². The van der Waals surface area contributed by atoms with Gasteiger partial charge >= 0.3 is 23.9 Å². The summed E-state index contributed by atoms with van der Waals surface area (Å²) in [5.74, 6) is 0.777. The van der Waals surface area contributed by atoms with Gasteiger partial charge in [-0.25, -0.2) is 14.4 Å². The fraction of sp³-hybridized carbons (Fsp3) is 0.769. The maximum atomic E-state index is 13.8. The summed E-state index contributed by atoms with van der Waals surface area (Å²) in [6, 6.07) is 0. The van der Waals surface area contributed by atoms with Gasteiger partial charge in [-0.3, -0.25) is 4.79 Å². The minimum absolute atomic E-state index is 0.167. The van der Waals surface area contributed by atoms with Gasteiger partial charge in [0.15, 0.2) is 17.8 Å². The molecule has 3 aliphatic carbocycles. The van der Waals surface area contributed by atoms with Crippen LogP contribution in [-0.2, 0) is 47.6 Å². The molecule has 0 amide bonds. The SMILES string of the molecule is CCCC1([C@@H]2CC3OC(=O)[C@@]45O[C@@H]6OC(=O)[C@H](OCCOCC(=O)O)C62[C@@]34[C@@H](O)[C@@H]2OC(=O)C(C)[C@@]25O)C#C1. The Morgan fingerprint density at radius 1 is 1.13 bits per heavy atom. The van der Waals surface area contributed by atoms with E-state index in [9.17, 15) is 29.4 Å². The van der Waals surface area contributed by atoms with Crippen LogP contribution in [-0.4, -0.2) is 101 Å². The van der Waals surface area contributed by atoms with E-state index in [4.69, 9.17) is 33.5 Å². The third-order valence-electron chi connectivity index (χ3n) is 10.3. The molecule has 3 N–H and O–H groups in total. The number of esters is 3. The lowest BCUT2D eigenvalue weighted by Gasteiger charge is -2.47. The van der Waals surface area contributed by atoms with Crippen LogP contribution in [0.1, 0.15) is 33.1 Å². The average Bonchev–Trinajstić information content (AvgIpc) is 3.09. The van der Waals surface area contributed by atoms with Gasteiger partial charge in [0.25, 0.3) is 0 Å². The molecule has 210 valence electrons. The highest BCUT2D eigenvalue weighted by atomic mass is 16.8. The van der Waals surface area contributed by atoms with Crippen LogP contribution in [0.2, 0.25) is 0 Å². The number of carbonyl (C=O) groups excluding carboxylic acids is 3. The normalized spacial score (nSPS) is 50.4. The molecule has 4 aliphatic heterocycles. The summed E-state index contributed by atoms with van der Waals surface area (Å²) < 4.78 is 34.5. The summed E-state index contributed by atoms with van der Waals surface area (Å²) in [7, 11) is 0. The van der Waals surface area contributed by atoms with Crippen LogP contribution >= 0.6 is 0 Å². The van der Waals surface area contributed by atoms with Crippen molar-refractivity contribution in [2.45, 2.75) is 75.0 Å². The molecule has 11 atom stereocenters. The second-order valence-corrected chi connectivity index (χ2v) is 11.6. The van der Waals surface area contributed by atoms with E-state index in [1.54, 1.807) is 0 Å². The first-order valence-corrected chi connectivity index (χ1v) is 13.2. The molecule has 0 bridgehead atoms. The molecule has 7 rings (SSSR count). The van der Waals surface area contributed by atoms with E-state index in [0.717, 1.165) is 6.42 Å². The quantitative estimate of drug-likeness (QED) is 0.131. The van der Waals surface area contributed by atoms with E-state index in [-0.39, 0.29) is 19.6 Å². The summed E-state index contributed by atoms with van der Waals surface area (Å²) >= 11 is 0. The van der Waals surface area contributed by atoms with Crippen LogP contribution in [0.25, 0.3) is 0 Å². The number of hydrogen-bond acceptors (Lipinski definition) is 12. The molecule has 4 saturated heterocycles. The van der Waals surface area contributed by atoms with Gasteiger partial charge in [0.2, 0.25) is 11.9 Å². The van der Waals surface area contributed by atoms with Crippen LogP contribution < -0.4 is 0 Å². The second-order valence-electron chi connectivity index (χ2n) is 11.6. The molecule has 0 aromatic heterocycles. The summed E-state index contributed by atoms with van der Waals surface area (Å²) in [4.78, 5) is 50.7. The highest BCUT2D eigenvalue weighted by Crippen LogP contribution is 2.85. The van der Waals surface area contributed by atoms with Crippen molar-refractivity contribution in [1.29, 1.82) is 0 Å². The first-order chi connectivity index (χ1) is 18.5. The number of rotatable bonds is 9. The van der Waals surface area contributed by atoms with E-state index in [1.807, 2.05) is 6.92 Å². The predicted molar refractivity (Wildman–Crippen MR) is 120 cm³/mol. The van der Waals surface area contributed by atoms with E-state index < -0.39 is 100 Å². The summed E-state index contributed by atoms with van der Waals surface area (Å²) in [6.07, 6.45) is -5.59. The molecular weight excluding hydrogens is 520 g/mol. The lowest BCUT2D eigenvalue weighted by Crippen LogP contribution is -2.67. The number of aliphatic hydroxyl groups is 2. The molecule has 2 spiro atoms. The lowest BCUT2D eigenvalue weighted by atomic mass is 9.51. The fourth-order valence-electron chi connectivity index (χ4n) is 9.17. The van der Waals surface area contributed by atoms with Crippen LogP contribution in [0.3, 0.4) is 0 Å². The maximum absolute atomic E-state index is 13.8. The first kappa shape index (κ1) is 25.2. The molecule has 6 fully saturated rings. The lowest BCUT2D eigenvalue weighted by molar-refractivity contribution is -0.239. The van der Waals surface area contributed by atoms with Crippen molar-refractivity contribution in [1.82, 2.24) is 0 Å². The Morgan fingerprint density at radius 3 is 2.54 bits per heavy atom. The van der Waals surface area contributed by atoms with Gasteiger partial charge < -0.3 is 43.7 Å². The van der Waals surface area contributed by atoms with Crippen molar-refractivity contribution in [3.8, 4) is 11.8 Å². The number of aliphatic carboxylic acids is 1. The number of carboxylic acid groups (broad SMARTS) is 1. The zero-order valence-corrected chi connectivity index (χ0v) is 21.2. The van der Waals surface area contributed by atoms with Gasteiger partial charge in [-0.1, -0.05) is 25.2 Å². The molecule has 7 aliphatic rings. The average molecular weight is 548 g/mol. The maximum Gasteiger partial charge on any atom is 0.343 e. The fourth-order valence-corrected chi connectivity index (χ4v) is 9.17. The molecule has 13 nitrogen and oxygen atoms in total. The summed E-state index contributed by atoms with van der Waals surface area (Å²) in [5, 5.41) is 33.1. The Bertz CT molecular complexity index is 1260. The molecule has 3 unspecified atom stereocenters. The third kappa shape index (κ3) is 2.37. The van der Waals surface area contributed by atoms with Crippen LogP contribution in [0.4, 0.5) is 0 Å². The van der Waals surface area contributed by atoms with Gasteiger partial charge in [0.1, 0.15) is 18.8 Å². The molecule has 0 radical (unpaired) electrons. The molecule has 13 heteroatoms. The van der Waals surface area contributed by atoms with Crippen molar-refractivity contribution in [2.24, 2.45) is 28.1 Å². The summed E-state index contributed by atoms with van der Waals surface area (Å²) in [6.45, 7) is 2.42. The van der Waals surface area contributed by atoms with Crippen LogP contribution in [0.15, 0.2) is 0 Å². The monoisotopic (exact) mass is 548 g/mol. The summed E-state index contributed by atoms with van der Waals surface area (Å²) in [5.41, 5.74) is -8.72. The highest BCUT2D eigenvalue weighted by Gasteiger charge is 3.04. The number of hydrogen-bond donors (Lipinski definition) is 3. The molecule has 39 heavy (non-hydrogen) atoms. The first-order valence-electron chi connectivity index (χ1n) is 13.2. The zero-order valence-electron chi connectivity index (χ0n) is 21.2. The van der Waals surface area contributed by atoms with Gasteiger partial charge in [-0.15, -0.1) is 0 Å². The van der Waals surface area contributed by atoms with Crippen LogP contribution in [0.5, 0.6) is 0 Å². The largest absolute Gasteiger partial charge is 0.480 e. The number of ether oxygens (including phenoxy) is 6. The minimum atomic E-state index is -2.31. The number of aliphatic hydroxyl groups excluding tert-OH is 1. The van der Waals surface area contributed by atoms with E-state index >= 15 is 0 Å².